The van der Waals surface area contributed by atoms with E-state index < -0.39 is 11.8 Å². The molecule has 0 bridgehead atoms. The number of phenols is 1. The molecular formula is C33H32INO6S. The Hall–Kier alpha value is -2.99. The molecule has 6 rings (SSSR count). The van der Waals surface area contributed by atoms with Crippen LogP contribution in [0, 0.1) is 21.3 Å². The summed E-state index contributed by atoms with van der Waals surface area (Å²) in [5.41, 5.74) is 4.93. The molecule has 3 aromatic rings. The zero-order valence-electron chi connectivity index (χ0n) is 23.2. The monoisotopic (exact) mass is 697 g/mol. The molecule has 0 saturated carbocycles. The molecule has 1 aromatic heterocycles. The van der Waals surface area contributed by atoms with Gasteiger partial charge >= 0.3 is 0 Å². The van der Waals surface area contributed by atoms with Crippen molar-refractivity contribution in [2.45, 2.75) is 31.9 Å². The van der Waals surface area contributed by atoms with Crippen LogP contribution in [0.4, 0.5) is 0 Å². The quantitative estimate of drug-likeness (QED) is 0.125. The minimum Gasteiger partial charge on any atom is -0.504 e. The average molecular weight is 698 g/mol. The molecule has 2 fully saturated rings. The lowest BCUT2D eigenvalue weighted by Crippen LogP contribution is -2.34. The van der Waals surface area contributed by atoms with Crippen molar-refractivity contribution in [3.05, 3.63) is 90.7 Å². The summed E-state index contributed by atoms with van der Waals surface area (Å²) in [6.45, 7) is 0.526. The number of hydrogen-bond donors (Lipinski definition) is 2. The summed E-state index contributed by atoms with van der Waals surface area (Å²) in [6.07, 6.45) is 3.61. The van der Waals surface area contributed by atoms with Crippen LogP contribution < -0.4 is 4.74 Å². The summed E-state index contributed by atoms with van der Waals surface area (Å²) in [7, 11) is 1.54. The summed E-state index contributed by atoms with van der Waals surface area (Å²) >= 11 is 3.64. The summed E-state index contributed by atoms with van der Waals surface area (Å²) < 4.78 is 12.4. The fourth-order valence-electron chi connectivity index (χ4n) is 6.67. The van der Waals surface area contributed by atoms with E-state index in [0.717, 1.165) is 32.7 Å². The van der Waals surface area contributed by atoms with Crippen molar-refractivity contribution in [3.63, 3.8) is 0 Å². The molecule has 7 nitrogen and oxygen atoms in total. The van der Waals surface area contributed by atoms with Gasteiger partial charge in [-0.05, 0) is 93.3 Å². The largest absolute Gasteiger partial charge is 0.504 e. The lowest BCUT2D eigenvalue weighted by molar-refractivity contribution is -0.140. The van der Waals surface area contributed by atoms with Crippen molar-refractivity contribution in [1.82, 2.24) is 4.90 Å². The predicted molar refractivity (Wildman–Crippen MR) is 170 cm³/mol. The van der Waals surface area contributed by atoms with E-state index in [4.69, 9.17) is 9.47 Å². The molecule has 0 unspecified atom stereocenters. The second-order valence-corrected chi connectivity index (χ2v) is 13.1. The standard InChI is InChI=1S/C33H32INO6S/c1-40-28-14-19(13-26(34)31(28)37)12-21(20-6-3-2-4-7-20)9-10-27-29-22(17-36)15-24-30(25(29)18-41-27)33(39)35(32(24)38)16-23-8-5-11-42-23/h2-8,11-14,24-25,27,30,36-37H,9-10,15-18H2,1H3/b21-12-/t24-,25+,27-,30-/m1/s1. The number of carbonyl (C=O) groups is 2. The number of aliphatic hydroxyl groups excluding tert-OH is 1. The first-order valence-electron chi connectivity index (χ1n) is 14.0. The molecule has 1 aliphatic carbocycles. The van der Waals surface area contributed by atoms with Crippen molar-refractivity contribution in [2.75, 3.05) is 20.3 Å². The molecule has 2 amide bonds. The van der Waals surface area contributed by atoms with Gasteiger partial charge in [0.05, 0.1) is 48.4 Å². The number of benzene rings is 2. The van der Waals surface area contributed by atoms with Gasteiger partial charge in [-0.15, -0.1) is 11.3 Å². The molecule has 2 saturated heterocycles. The number of hydrogen-bond acceptors (Lipinski definition) is 7. The molecule has 2 N–H and O–H groups in total. The van der Waals surface area contributed by atoms with Crippen LogP contribution in [-0.4, -0.2) is 53.4 Å². The minimum absolute atomic E-state index is 0.120. The first-order chi connectivity index (χ1) is 20.4. The van der Waals surface area contributed by atoms with Crippen LogP contribution in [0.25, 0.3) is 11.6 Å². The van der Waals surface area contributed by atoms with Gasteiger partial charge in [-0.25, -0.2) is 0 Å². The molecule has 42 heavy (non-hydrogen) atoms. The van der Waals surface area contributed by atoms with E-state index in [0.29, 0.717) is 41.7 Å². The predicted octanol–water partition coefficient (Wildman–Crippen LogP) is 5.90. The second-order valence-electron chi connectivity index (χ2n) is 11.0. The minimum atomic E-state index is -0.442. The van der Waals surface area contributed by atoms with Gasteiger partial charge < -0.3 is 19.7 Å². The first kappa shape index (κ1) is 29.1. The Balaban J connectivity index is 1.26. The van der Waals surface area contributed by atoms with Crippen molar-refractivity contribution in [2.24, 2.45) is 17.8 Å². The SMILES string of the molecule is COc1cc(/C=C(/CC[C@H]2OC[C@H]3C2=C(CO)C[C@H]2C(=O)N(Cc4cccs4)C(=O)[C@H]23)c2ccccc2)cc(I)c1O. The lowest BCUT2D eigenvalue weighted by Gasteiger charge is -2.31. The Morgan fingerprint density at radius 2 is 1.95 bits per heavy atom. The molecule has 0 spiro atoms. The fraction of sp³-hybridized carbons (Fsp3) is 0.333. The highest BCUT2D eigenvalue weighted by Gasteiger charge is 2.56. The van der Waals surface area contributed by atoms with E-state index >= 15 is 0 Å². The lowest BCUT2D eigenvalue weighted by atomic mass is 9.69. The van der Waals surface area contributed by atoms with Gasteiger partial charge in [0.2, 0.25) is 11.8 Å². The van der Waals surface area contributed by atoms with E-state index in [1.807, 2.05) is 47.8 Å². The average Bonchev–Trinajstić information content (AvgIpc) is 3.73. The van der Waals surface area contributed by atoms with Crippen LogP contribution in [-0.2, 0) is 20.9 Å². The highest BCUT2D eigenvalue weighted by Crippen LogP contribution is 2.50. The van der Waals surface area contributed by atoms with E-state index in [1.165, 1.54) is 23.3 Å². The smallest absolute Gasteiger partial charge is 0.234 e. The Morgan fingerprint density at radius 3 is 2.67 bits per heavy atom. The number of aromatic hydroxyl groups is 1. The van der Waals surface area contributed by atoms with Crippen LogP contribution >= 0.6 is 33.9 Å². The maximum absolute atomic E-state index is 13.6. The number of thiophene rings is 1. The van der Waals surface area contributed by atoms with Crippen LogP contribution in [0.15, 0.2) is 71.1 Å². The zero-order chi connectivity index (χ0) is 29.4. The second kappa shape index (κ2) is 12.3. The molecule has 9 heteroatoms. The number of phenolic OH excluding ortho intramolecular Hbond substituents is 1. The third-order valence-electron chi connectivity index (χ3n) is 8.62. The van der Waals surface area contributed by atoms with Crippen LogP contribution in [0.5, 0.6) is 11.5 Å². The highest BCUT2D eigenvalue weighted by molar-refractivity contribution is 14.1. The number of aliphatic hydroxyl groups is 1. The number of imide groups is 1. The fourth-order valence-corrected chi connectivity index (χ4v) is 7.99. The molecular weight excluding hydrogens is 665 g/mol. The summed E-state index contributed by atoms with van der Waals surface area (Å²) in [4.78, 5) is 29.4. The summed E-state index contributed by atoms with van der Waals surface area (Å²) in [5, 5.41) is 22.6. The normalized spacial score (nSPS) is 23.9. The van der Waals surface area contributed by atoms with E-state index in [1.54, 1.807) is 0 Å². The number of ether oxygens (including phenoxy) is 2. The number of nitrogens with zero attached hydrogens (tertiary/aromatic N) is 1. The Bertz CT molecular complexity index is 1550. The van der Waals surface area contributed by atoms with Gasteiger partial charge in [0, 0.05) is 10.8 Å². The van der Waals surface area contributed by atoms with Crippen molar-refractivity contribution in [1.29, 1.82) is 0 Å². The summed E-state index contributed by atoms with van der Waals surface area (Å²) in [6, 6.07) is 17.7. The van der Waals surface area contributed by atoms with Gasteiger partial charge in [0.1, 0.15) is 0 Å². The number of fused-ring (bicyclic) bond motifs is 3. The molecule has 0 radical (unpaired) electrons. The van der Waals surface area contributed by atoms with Crippen molar-refractivity contribution >= 4 is 57.4 Å². The number of rotatable bonds is 9. The number of carbonyl (C=O) groups excluding carboxylic acids is 2. The van der Waals surface area contributed by atoms with Crippen molar-refractivity contribution in [3.8, 4) is 11.5 Å². The van der Waals surface area contributed by atoms with Crippen LogP contribution in [0.3, 0.4) is 0 Å². The molecule has 3 heterocycles. The summed E-state index contributed by atoms with van der Waals surface area (Å²) in [5.74, 6) is -0.808. The van der Waals surface area contributed by atoms with Crippen molar-refractivity contribution < 1.29 is 29.3 Å². The maximum Gasteiger partial charge on any atom is 0.234 e. The topological polar surface area (TPSA) is 96.3 Å². The Labute approximate surface area is 262 Å². The number of likely N-dealkylation sites (tertiary alicyclic amines) is 1. The van der Waals surface area contributed by atoms with E-state index in [2.05, 4.69) is 40.8 Å². The molecule has 4 atom stereocenters. The Morgan fingerprint density at radius 1 is 1.14 bits per heavy atom. The number of allylic oxidation sites excluding steroid dienone is 1. The number of halogens is 1. The molecule has 3 aliphatic rings. The third-order valence-corrected chi connectivity index (χ3v) is 10.3. The Kier molecular flexibility index (Phi) is 8.53. The molecule has 218 valence electrons. The van der Waals surface area contributed by atoms with Crippen LogP contribution in [0.2, 0.25) is 0 Å². The van der Waals surface area contributed by atoms with Gasteiger partial charge in [0.15, 0.2) is 11.5 Å². The van der Waals surface area contributed by atoms with Gasteiger partial charge in [-0.3, -0.25) is 14.5 Å². The number of methoxy groups -OCH3 is 1. The highest BCUT2D eigenvalue weighted by atomic mass is 127. The van der Waals surface area contributed by atoms with Gasteiger partial charge in [-0.2, -0.15) is 0 Å². The first-order valence-corrected chi connectivity index (χ1v) is 16.0. The van der Waals surface area contributed by atoms with Gasteiger partial charge in [-0.1, -0.05) is 42.5 Å². The van der Waals surface area contributed by atoms with E-state index in [9.17, 15) is 19.8 Å². The van der Waals surface area contributed by atoms with E-state index in [-0.39, 0.29) is 36.2 Å². The maximum atomic E-state index is 13.6. The van der Waals surface area contributed by atoms with Crippen LogP contribution in [0.1, 0.15) is 35.3 Å². The zero-order valence-corrected chi connectivity index (χ0v) is 26.1. The molecule has 2 aromatic carbocycles. The number of amides is 2. The van der Waals surface area contributed by atoms with Gasteiger partial charge in [0.25, 0.3) is 0 Å². The third kappa shape index (κ3) is 5.43. The molecule has 2 aliphatic heterocycles.